The second kappa shape index (κ2) is 5.59. The number of hydrogen-bond acceptors (Lipinski definition) is 5. The summed E-state index contributed by atoms with van der Waals surface area (Å²) in [6.45, 7) is 3.31. The standard InChI is InChI=1S/C21H28O5/c1-19-7-5-13(23)9-12(19)3-4-14-15-6-8-21(26,17(25)11-22)20(15,2)10-16(24)18(14)19/h9,14-15,18,22,26H,3-8,10-11H2,1-2H3/t14-,15-,18+,19+,20-,21-/m1/s1. The van der Waals surface area contributed by atoms with Gasteiger partial charge in [0.15, 0.2) is 11.6 Å². The third kappa shape index (κ3) is 2.07. The predicted molar refractivity (Wildman–Crippen MR) is 94.1 cm³/mol. The first kappa shape index (κ1) is 18.1. The molecule has 0 heterocycles. The van der Waals surface area contributed by atoms with Crippen molar-refractivity contribution in [2.45, 2.75) is 64.4 Å². The Morgan fingerprint density at radius 3 is 2.62 bits per heavy atom. The van der Waals surface area contributed by atoms with Gasteiger partial charge in [-0.2, -0.15) is 0 Å². The first-order valence-electron chi connectivity index (χ1n) is 9.80. The Balaban J connectivity index is 1.75. The fourth-order valence-corrected chi connectivity index (χ4v) is 6.98. The molecule has 6 atom stereocenters. The van der Waals surface area contributed by atoms with Crippen molar-refractivity contribution >= 4 is 17.3 Å². The van der Waals surface area contributed by atoms with E-state index in [0.717, 1.165) is 18.4 Å². The van der Waals surface area contributed by atoms with E-state index in [2.05, 4.69) is 6.92 Å². The molecule has 0 unspecified atom stereocenters. The van der Waals surface area contributed by atoms with E-state index in [-0.39, 0.29) is 41.2 Å². The van der Waals surface area contributed by atoms with Crippen LogP contribution in [0.4, 0.5) is 0 Å². The van der Waals surface area contributed by atoms with Crippen LogP contribution in [-0.2, 0) is 14.4 Å². The fraction of sp³-hybridized carbons (Fsp3) is 0.762. The number of carbonyl (C=O) groups is 3. The molecule has 0 aromatic carbocycles. The lowest BCUT2D eigenvalue weighted by atomic mass is 9.46. The second-order valence-corrected chi connectivity index (χ2v) is 9.38. The van der Waals surface area contributed by atoms with Gasteiger partial charge in [0.1, 0.15) is 18.0 Å². The molecule has 5 nitrogen and oxygen atoms in total. The van der Waals surface area contributed by atoms with Gasteiger partial charge >= 0.3 is 0 Å². The topological polar surface area (TPSA) is 91.7 Å². The van der Waals surface area contributed by atoms with Gasteiger partial charge in [0.05, 0.1) is 0 Å². The fourth-order valence-electron chi connectivity index (χ4n) is 6.98. The molecule has 4 aliphatic rings. The molecule has 3 fully saturated rings. The van der Waals surface area contributed by atoms with E-state index in [1.165, 1.54) is 0 Å². The van der Waals surface area contributed by atoms with Gasteiger partial charge in [0.25, 0.3) is 0 Å². The summed E-state index contributed by atoms with van der Waals surface area (Å²) in [4.78, 5) is 37.5. The average Bonchev–Trinajstić information content (AvgIpc) is 2.86. The summed E-state index contributed by atoms with van der Waals surface area (Å²) in [6, 6.07) is 0. The van der Waals surface area contributed by atoms with Crippen molar-refractivity contribution in [3.8, 4) is 0 Å². The molecule has 0 aliphatic heterocycles. The van der Waals surface area contributed by atoms with Crippen LogP contribution >= 0.6 is 0 Å². The first-order valence-corrected chi connectivity index (χ1v) is 9.80. The zero-order chi connectivity index (χ0) is 18.9. The van der Waals surface area contributed by atoms with E-state index in [1.54, 1.807) is 6.08 Å². The Morgan fingerprint density at radius 2 is 1.92 bits per heavy atom. The molecule has 142 valence electrons. The van der Waals surface area contributed by atoms with Crippen molar-refractivity contribution in [2.24, 2.45) is 28.6 Å². The van der Waals surface area contributed by atoms with Gasteiger partial charge in [0, 0.05) is 24.2 Å². The van der Waals surface area contributed by atoms with Crippen LogP contribution in [0.2, 0.25) is 0 Å². The summed E-state index contributed by atoms with van der Waals surface area (Å²) >= 11 is 0. The monoisotopic (exact) mass is 360 g/mol. The van der Waals surface area contributed by atoms with E-state index in [0.29, 0.717) is 25.7 Å². The minimum atomic E-state index is -1.60. The van der Waals surface area contributed by atoms with Crippen molar-refractivity contribution in [1.82, 2.24) is 0 Å². The van der Waals surface area contributed by atoms with Crippen LogP contribution < -0.4 is 0 Å². The van der Waals surface area contributed by atoms with Crippen LogP contribution in [0.1, 0.15) is 58.8 Å². The predicted octanol–water partition coefficient (Wildman–Crippen LogP) is 1.99. The van der Waals surface area contributed by atoms with Crippen LogP contribution in [0.15, 0.2) is 11.6 Å². The van der Waals surface area contributed by atoms with E-state index in [1.807, 2.05) is 6.92 Å². The largest absolute Gasteiger partial charge is 0.388 e. The Hall–Kier alpha value is -1.33. The normalized spacial score (nSPS) is 47.7. The summed E-state index contributed by atoms with van der Waals surface area (Å²) in [5.74, 6) is -0.172. The number of hydrogen-bond donors (Lipinski definition) is 2. The molecule has 0 bridgehead atoms. The number of carbonyl (C=O) groups excluding carboxylic acids is 3. The zero-order valence-electron chi connectivity index (χ0n) is 15.6. The number of ketones is 3. The number of aliphatic hydroxyl groups excluding tert-OH is 1. The van der Waals surface area contributed by atoms with Crippen molar-refractivity contribution in [3.63, 3.8) is 0 Å². The first-order chi connectivity index (χ1) is 12.2. The number of aliphatic hydroxyl groups is 2. The smallest absolute Gasteiger partial charge is 0.190 e. The number of fused-ring (bicyclic) bond motifs is 5. The van der Waals surface area contributed by atoms with E-state index >= 15 is 0 Å². The van der Waals surface area contributed by atoms with Crippen molar-refractivity contribution < 1.29 is 24.6 Å². The Bertz CT molecular complexity index is 724. The zero-order valence-corrected chi connectivity index (χ0v) is 15.6. The molecule has 0 amide bonds. The third-order valence-electron chi connectivity index (χ3n) is 8.41. The molecule has 0 spiro atoms. The summed E-state index contributed by atoms with van der Waals surface area (Å²) in [6.07, 6.45) is 5.83. The molecule has 2 N–H and O–H groups in total. The van der Waals surface area contributed by atoms with E-state index in [9.17, 15) is 24.6 Å². The lowest BCUT2D eigenvalue weighted by Crippen LogP contribution is -2.60. The maximum Gasteiger partial charge on any atom is 0.190 e. The quantitative estimate of drug-likeness (QED) is 0.786. The molecule has 5 heteroatoms. The van der Waals surface area contributed by atoms with Gasteiger partial charge < -0.3 is 10.2 Å². The summed E-state index contributed by atoms with van der Waals surface area (Å²) in [7, 11) is 0. The average molecular weight is 360 g/mol. The van der Waals surface area contributed by atoms with Gasteiger partial charge in [-0.3, -0.25) is 14.4 Å². The summed E-state index contributed by atoms with van der Waals surface area (Å²) in [5.41, 5.74) is -1.55. The van der Waals surface area contributed by atoms with Crippen LogP contribution in [0.5, 0.6) is 0 Å². The second-order valence-electron chi connectivity index (χ2n) is 9.38. The molecule has 0 aromatic heterocycles. The van der Waals surface area contributed by atoms with Crippen LogP contribution in [0.3, 0.4) is 0 Å². The molecule has 0 radical (unpaired) electrons. The molecule has 26 heavy (non-hydrogen) atoms. The minimum Gasteiger partial charge on any atom is -0.388 e. The van der Waals surface area contributed by atoms with Crippen molar-refractivity contribution in [2.75, 3.05) is 6.61 Å². The van der Waals surface area contributed by atoms with Gasteiger partial charge in [0.2, 0.25) is 0 Å². The third-order valence-corrected chi connectivity index (χ3v) is 8.41. The maximum atomic E-state index is 13.3. The highest BCUT2D eigenvalue weighted by atomic mass is 16.3. The molecule has 3 saturated carbocycles. The van der Waals surface area contributed by atoms with E-state index < -0.39 is 23.4 Å². The van der Waals surface area contributed by atoms with Gasteiger partial charge in [-0.05, 0) is 55.4 Å². The highest BCUT2D eigenvalue weighted by molar-refractivity contribution is 5.94. The van der Waals surface area contributed by atoms with Crippen molar-refractivity contribution in [3.05, 3.63) is 11.6 Å². The number of allylic oxidation sites excluding steroid dienone is 1. The Kier molecular flexibility index (Phi) is 3.88. The molecule has 0 aromatic rings. The van der Waals surface area contributed by atoms with Gasteiger partial charge in [-0.1, -0.05) is 19.4 Å². The molecule has 4 aliphatic carbocycles. The molecule has 4 rings (SSSR count). The molecular formula is C21H28O5. The molecule has 0 saturated heterocycles. The molecular weight excluding hydrogens is 332 g/mol. The SMILES string of the molecule is C[C@]12CCC(=O)C=C1CC[C@H]1[C@H]2C(=O)C[C@]2(C)[C@@H]1CC[C@@]2(O)C(=O)CO. The number of rotatable bonds is 2. The highest BCUT2D eigenvalue weighted by Gasteiger charge is 2.68. The lowest BCUT2D eigenvalue weighted by Gasteiger charge is -2.57. The maximum absolute atomic E-state index is 13.3. The van der Waals surface area contributed by atoms with Crippen LogP contribution in [0.25, 0.3) is 0 Å². The lowest BCUT2D eigenvalue weighted by molar-refractivity contribution is -0.170. The van der Waals surface area contributed by atoms with Crippen LogP contribution in [0, 0.1) is 28.6 Å². The van der Waals surface area contributed by atoms with Gasteiger partial charge in [-0.25, -0.2) is 0 Å². The summed E-state index contributed by atoms with van der Waals surface area (Å²) < 4.78 is 0. The summed E-state index contributed by atoms with van der Waals surface area (Å²) in [5, 5.41) is 20.5. The highest BCUT2D eigenvalue weighted by Crippen LogP contribution is 2.66. The van der Waals surface area contributed by atoms with Crippen molar-refractivity contribution in [1.29, 1.82) is 0 Å². The van der Waals surface area contributed by atoms with Crippen LogP contribution in [-0.4, -0.2) is 39.8 Å². The van der Waals surface area contributed by atoms with E-state index in [4.69, 9.17) is 0 Å². The number of Topliss-reactive ketones (excluding diaryl/α,β-unsaturated/α-hetero) is 2. The Labute approximate surface area is 153 Å². The minimum absolute atomic E-state index is 0.0988. The van der Waals surface area contributed by atoms with Gasteiger partial charge in [-0.15, -0.1) is 0 Å². The Morgan fingerprint density at radius 1 is 1.19 bits per heavy atom.